The van der Waals surface area contributed by atoms with Crippen molar-refractivity contribution in [2.24, 2.45) is 0 Å². The van der Waals surface area contributed by atoms with Gasteiger partial charge in [-0.1, -0.05) is 39.8 Å². The predicted molar refractivity (Wildman–Crippen MR) is 135 cm³/mol. The summed E-state index contributed by atoms with van der Waals surface area (Å²) < 4.78 is 146. The van der Waals surface area contributed by atoms with Gasteiger partial charge in [-0.2, -0.15) is 8.78 Å². The Hall–Kier alpha value is -4.02. The number of aryl methyl sites for hydroxylation is 1. The molecule has 4 aromatic carbocycles. The summed E-state index contributed by atoms with van der Waals surface area (Å²) in [5, 5.41) is 0. The van der Waals surface area contributed by atoms with Crippen molar-refractivity contribution < 1.29 is 48.6 Å². The van der Waals surface area contributed by atoms with Crippen molar-refractivity contribution in [2.45, 2.75) is 40.7 Å². The topological polar surface area (TPSA) is 9.23 Å². The van der Waals surface area contributed by atoms with Crippen molar-refractivity contribution in [1.29, 1.82) is 0 Å². The third kappa shape index (κ3) is 7.20. The molecule has 0 atom stereocenters. The van der Waals surface area contributed by atoms with Crippen LogP contribution in [0.1, 0.15) is 38.8 Å². The zero-order chi connectivity index (χ0) is 31.2. The van der Waals surface area contributed by atoms with Gasteiger partial charge in [0.25, 0.3) is 0 Å². The number of ether oxygens (including phenoxy) is 1. The van der Waals surface area contributed by atoms with Gasteiger partial charge in [-0.05, 0) is 53.9 Å². The number of benzene rings is 4. The quantitative estimate of drug-likeness (QED) is 0.166. The molecule has 11 heteroatoms. The average Bonchev–Trinajstić information content (AvgIpc) is 2.88. The fraction of sp³-hybridized carbons (Fsp3) is 0.200. The normalized spacial score (nSPS) is 10.8. The lowest BCUT2D eigenvalue weighted by atomic mass is 9.97. The van der Waals surface area contributed by atoms with Crippen LogP contribution in [0.4, 0.5) is 43.9 Å². The number of halogens is 10. The van der Waals surface area contributed by atoms with Crippen molar-refractivity contribution in [3.63, 3.8) is 0 Å². The summed E-state index contributed by atoms with van der Waals surface area (Å²) in [6.45, 7) is 9.59. The lowest BCUT2D eigenvalue weighted by Gasteiger charge is -2.20. The van der Waals surface area contributed by atoms with Gasteiger partial charge in [-0.3, -0.25) is 0 Å². The molecule has 0 aliphatic carbocycles. The molecule has 0 saturated carbocycles. The maximum atomic E-state index is 14.8. The van der Waals surface area contributed by atoms with Crippen molar-refractivity contribution in [3.05, 3.63) is 112 Å². The SMILES string of the molecule is CC.CC.Cc1ccc(-c2cc(F)c(-c3cc(F)c(C(F)(F)Oc4cc(F)c(F)c(F)c4)c(F)c3)c(F)c2)c(F)c1. The molecule has 0 aromatic heterocycles. The summed E-state index contributed by atoms with van der Waals surface area (Å²) in [6, 6.07) is 5.72. The van der Waals surface area contributed by atoms with E-state index in [1.807, 2.05) is 27.7 Å². The van der Waals surface area contributed by atoms with Crippen molar-refractivity contribution in [1.82, 2.24) is 0 Å². The molecule has 0 N–H and O–H groups in total. The molecule has 0 spiro atoms. The first-order chi connectivity index (χ1) is 19.3. The Kier molecular flexibility index (Phi) is 11.0. The number of hydrogen-bond acceptors (Lipinski definition) is 1. The molecule has 0 aliphatic heterocycles. The first-order valence-electron chi connectivity index (χ1n) is 12.3. The Morgan fingerprint density at radius 2 is 1.00 bits per heavy atom. The predicted octanol–water partition coefficient (Wildman–Crippen LogP) is 10.6. The summed E-state index contributed by atoms with van der Waals surface area (Å²) in [4.78, 5) is 0. The zero-order valence-corrected chi connectivity index (χ0v) is 22.4. The van der Waals surface area contributed by atoms with Crippen LogP contribution >= 0.6 is 0 Å². The molecule has 0 aliphatic rings. The summed E-state index contributed by atoms with van der Waals surface area (Å²) in [7, 11) is 0. The highest BCUT2D eigenvalue weighted by Crippen LogP contribution is 2.39. The molecule has 0 amide bonds. The average molecular weight is 591 g/mol. The second-order valence-corrected chi connectivity index (χ2v) is 7.93. The molecule has 41 heavy (non-hydrogen) atoms. The maximum Gasteiger partial charge on any atom is 0.432 e. The first-order valence-corrected chi connectivity index (χ1v) is 12.3. The van der Waals surface area contributed by atoms with E-state index in [-0.39, 0.29) is 35.4 Å². The fourth-order valence-corrected chi connectivity index (χ4v) is 3.64. The van der Waals surface area contributed by atoms with Crippen LogP contribution in [0.15, 0.2) is 54.6 Å². The summed E-state index contributed by atoms with van der Waals surface area (Å²) in [5.74, 6) is -14.6. The molecule has 0 bridgehead atoms. The van der Waals surface area contributed by atoms with Gasteiger partial charge < -0.3 is 4.74 Å². The van der Waals surface area contributed by atoms with Gasteiger partial charge in [0.2, 0.25) is 0 Å². The smallest absolute Gasteiger partial charge is 0.429 e. The molecule has 0 fully saturated rings. The molecular weight excluding hydrogens is 566 g/mol. The highest BCUT2D eigenvalue weighted by atomic mass is 19.3. The van der Waals surface area contributed by atoms with Crippen LogP contribution in [0.25, 0.3) is 22.3 Å². The minimum absolute atomic E-state index is 0.0275. The monoisotopic (exact) mass is 590 g/mol. The standard InChI is InChI=1S/C26H12F10O.2C2H6/c1-11-2-3-15(16(27)4-11)12-5-17(28)23(18(29)6-12)13-7-19(30)24(20(31)8-13)26(35,36)37-14-9-21(32)25(34)22(33)10-14;2*1-2/h2-10H,1H3;2*1-2H3. The number of rotatable bonds is 5. The van der Waals surface area contributed by atoms with E-state index < -0.39 is 75.1 Å². The lowest BCUT2D eigenvalue weighted by Crippen LogP contribution is -2.25. The van der Waals surface area contributed by atoms with Crippen LogP contribution in [0, 0.1) is 53.5 Å². The van der Waals surface area contributed by atoms with E-state index in [0.29, 0.717) is 17.7 Å². The van der Waals surface area contributed by atoms with E-state index >= 15 is 0 Å². The minimum Gasteiger partial charge on any atom is -0.429 e. The Labute approximate surface area is 230 Å². The molecule has 0 unspecified atom stereocenters. The van der Waals surface area contributed by atoms with E-state index in [1.165, 1.54) is 12.1 Å². The van der Waals surface area contributed by atoms with Gasteiger partial charge in [0.1, 0.15) is 40.4 Å². The Morgan fingerprint density at radius 3 is 1.46 bits per heavy atom. The third-order valence-corrected chi connectivity index (χ3v) is 5.30. The summed E-state index contributed by atoms with van der Waals surface area (Å²) in [5.41, 5.74) is -3.70. The van der Waals surface area contributed by atoms with Crippen LogP contribution in [-0.2, 0) is 6.11 Å². The van der Waals surface area contributed by atoms with Crippen LogP contribution in [0.2, 0.25) is 0 Å². The molecule has 1 nitrogen and oxygen atoms in total. The fourth-order valence-electron chi connectivity index (χ4n) is 3.64. The Bertz CT molecular complexity index is 1460. The molecule has 0 heterocycles. The van der Waals surface area contributed by atoms with E-state index in [1.54, 1.807) is 6.92 Å². The van der Waals surface area contributed by atoms with Crippen LogP contribution in [0.5, 0.6) is 5.75 Å². The van der Waals surface area contributed by atoms with Crippen LogP contribution in [-0.4, -0.2) is 0 Å². The van der Waals surface area contributed by atoms with Crippen molar-refractivity contribution in [2.75, 3.05) is 0 Å². The Balaban J connectivity index is 0.00000141. The van der Waals surface area contributed by atoms with Gasteiger partial charge in [-0.15, -0.1) is 0 Å². The molecule has 0 radical (unpaired) electrons. The zero-order valence-electron chi connectivity index (χ0n) is 22.4. The molecule has 220 valence electrons. The minimum atomic E-state index is -4.88. The van der Waals surface area contributed by atoms with Crippen LogP contribution in [0.3, 0.4) is 0 Å². The van der Waals surface area contributed by atoms with E-state index in [9.17, 15) is 43.9 Å². The number of alkyl halides is 2. The first kappa shape index (κ1) is 33.2. The second-order valence-electron chi connectivity index (χ2n) is 7.93. The van der Waals surface area contributed by atoms with Gasteiger partial charge >= 0.3 is 6.11 Å². The van der Waals surface area contributed by atoms with E-state index in [2.05, 4.69) is 4.74 Å². The third-order valence-electron chi connectivity index (χ3n) is 5.30. The lowest BCUT2D eigenvalue weighted by molar-refractivity contribution is -0.189. The largest absolute Gasteiger partial charge is 0.432 e. The molecule has 4 rings (SSSR count). The van der Waals surface area contributed by atoms with Gasteiger partial charge in [0.05, 0.1) is 5.56 Å². The van der Waals surface area contributed by atoms with Gasteiger partial charge in [0.15, 0.2) is 17.5 Å². The van der Waals surface area contributed by atoms with E-state index in [4.69, 9.17) is 0 Å². The highest BCUT2D eigenvalue weighted by Gasteiger charge is 2.42. The summed E-state index contributed by atoms with van der Waals surface area (Å²) in [6.07, 6.45) is -4.88. The van der Waals surface area contributed by atoms with Gasteiger partial charge in [0, 0.05) is 17.7 Å². The highest BCUT2D eigenvalue weighted by molar-refractivity contribution is 5.72. The van der Waals surface area contributed by atoms with Crippen molar-refractivity contribution >= 4 is 0 Å². The number of hydrogen-bond donors (Lipinski definition) is 0. The molecule has 4 aromatic rings. The summed E-state index contributed by atoms with van der Waals surface area (Å²) >= 11 is 0. The molecular formula is C30H24F10O. The van der Waals surface area contributed by atoms with E-state index in [0.717, 1.165) is 6.07 Å². The molecule has 0 saturated heterocycles. The Morgan fingerprint density at radius 1 is 0.537 bits per heavy atom. The van der Waals surface area contributed by atoms with Crippen molar-refractivity contribution in [3.8, 4) is 28.0 Å². The van der Waals surface area contributed by atoms with Crippen LogP contribution < -0.4 is 4.74 Å². The van der Waals surface area contributed by atoms with Gasteiger partial charge in [-0.25, -0.2) is 35.1 Å². The maximum absolute atomic E-state index is 14.8. The second kappa shape index (κ2) is 13.6.